The zero-order chi connectivity index (χ0) is 23.5. The summed E-state index contributed by atoms with van der Waals surface area (Å²) in [6.45, 7) is 6.06. The van der Waals surface area contributed by atoms with Gasteiger partial charge in [0.1, 0.15) is 6.04 Å². The lowest BCUT2D eigenvalue weighted by molar-refractivity contribution is -0.136. The Bertz CT molecular complexity index is 1340. The minimum Gasteiger partial charge on any atom is -0.435 e. The van der Waals surface area contributed by atoms with Crippen LogP contribution in [0.5, 0.6) is 0 Å². The number of aromatic nitrogens is 5. The van der Waals surface area contributed by atoms with Gasteiger partial charge in [-0.2, -0.15) is 18.3 Å². The van der Waals surface area contributed by atoms with E-state index in [1.807, 2.05) is 20.8 Å². The van der Waals surface area contributed by atoms with Gasteiger partial charge >= 0.3 is 6.18 Å². The summed E-state index contributed by atoms with van der Waals surface area (Å²) in [5, 5.41) is 4.38. The van der Waals surface area contributed by atoms with Crippen molar-refractivity contribution in [2.75, 3.05) is 6.54 Å². The second kappa shape index (κ2) is 7.19. The topological polar surface area (TPSA) is 92.3 Å². The van der Waals surface area contributed by atoms with Crippen LogP contribution in [0.3, 0.4) is 0 Å². The van der Waals surface area contributed by atoms with E-state index >= 15 is 0 Å². The molecule has 0 unspecified atom stereocenters. The number of carbonyl (C=O) groups is 1. The van der Waals surface area contributed by atoms with Crippen molar-refractivity contribution >= 4 is 11.4 Å². The molecule has 1 amide bonds. The summed E-state index contributed by atoms with van der Waals surface area (Å²) in [6.07, 6.45) is 0.308. The molecule has 11 heteroatoms. The average Bonchev–Trinajstić information content (AvgIpc) is 3.49. The number of halogens is 3. The minimum atomic E-state index is -4.54. The van der Waals surface area contributed by atoms with Crippen molar-refractivity contribution in [3.63, 3.8) is 0 Å². The number of nitrogens with zero attached hydrogens (tertiary/aromatic N) is 5. The molecule has 1 aliphatic heterocycles. The summed E-state index contributed by atoms with van der Waals surface area (Å²) >= 11 is 0. The Balaban J connectivity index is 1.61. The van der Waals surface area contributed by atoms with Crippen LogP contribution < -0.4 is 0 Å². The molecule has 5 heterocycles. The minimum absolute atomic E-state index is 0.0589. The summed E-state index contributed by atoms with van der Waals surface area (Å²) in [6, 6.07) is 2.88. The number of alkyl halides is 3. The second-order valence-electron chi connectivity index (χ2n) is 9.02. The highest BCUT2D eigenvalue weighted by atomic mass is 19.4. The number of hydrogen-bond acceptors (Lipinski definition) is 5. The molecule has 1 atom stereocenters. The number of amides is 1. The van der Waals surface area contributed by atoms with Crippen molar-refractivity contribution in [3.8, 4) is 0 Å². The van der Waals surface area contributed by atoms with E-state index < -0.39 is 23.7 Å². The third-order valence-corrected chi connectivity index (χ3v) is 5.65. The molecule has 33 heavy (non-hydrogen) atoms. The number of fused-ring (bicyclic) bond motifs is 2. The Hall–Kier alpha value is -3.63. The van der Waals surface area contributed by atoms with Crippen LogP contribution in [0, 0.1) is 0 Å². The second-order valence-corrected chi connectivity index (χ2v) is 9.02. The van der Waals surface area contributed by atoms with Gasteiger partial charge in [-0.1, -0.05) is 20.8 Å². The first-order chi connectivity index (χ1) is 15.5. The number of imidazole rings is 1. The first kappa shape index (κ1) is 21.2. The lowest BCUT2D eigenvalue weighted by Crippen LogP contribution is -2.40. The Kier molecular flexibility index (Phi) is 4.62. The summed E-state index contributed by atoms with van der Waals surface area (Å²) in [4.78, 5) is 26.6. The molecule has 172 valence electrons. The van der Waals surface area contributed by atoms with Crippen molar-refractivity contribution in [1.82, 2.24) is 29.5 Å². The summed E-state index contributed by atoms with van der Waals surface area (Å²) in [5.74, 6) is 0.0517. The molecule has 0 aromatic carbocycles. The molecule has 1 N–H and O–H groups in total. The van der Waals surface area contributed by atoms with Crippen LogP contribution in [0.1, 0.15) is 65.9 Å². The summed E-state index contributed by atoms with van der Waals surface area (Å²) < 4.78 is 47.5. The lowest BCUT2D eigenvalue weighted by atomic mass is 9.97. The van der Waals surface area contributed by atoms with Crippen LogP contribution in [0.4, 0.5) is 13.2 Å². The van der Waals surface area contributed by atoms with Gasteiger partial charge in [0.25, 0.3) is 5.91 Å². The van der Waals surface area contributed by atoms with E-state index in [4.69, 9.17) is 4.42 Å². The van der Waals surface area contributed by atoms with Crippen LogP contribution >= 0.6 is 0 Å². The zero-order valence-electron chi connectivity index (χ0n) is 18.1. The van der Waals surface area contributed by atoms with Crippen molar-refractivity contribution in [2.45, 2.75) is 44.8 Å². The fourth-order valence-electron chi connectivity index (χ4n) is 4.06. The Morgan fingerprint density at radius 3 is 2.73 bits per heavy atom. The molecule has 4 aromatic rings. The molecule has 0 saturated heterocycles. The van der Waals surface area contributed by atoms with Crippen molar-refractivity contribution < 1.29 is 22.4 Å². The molecule has 0 saturated carbocycles. The third kappa shape index (κ3) is 3.57. The largest absolute Gasteiger partial charge is 0.435 e. The van der Waals surface area contributed by atoms with Crippen molar-refractivity contribution in [3.05, 3.63) is 71.2 Å². The standard InChI is InChI=1S/C22H21F3N6O2/c1-21(2,3)20-26-10-16(33-20)19(32)30-8-6-13-17(28-11-27-13)18(30)14-9-15-12(22(23,24)25)5-4-7-31(15)29-14/h4-5,7,9-11,18H,6,8H2,1-3H3,(H,27,28)/t18-/m1/s1. The monoisotopic (exact) mass is 458 g/mol. The fraction of sp³-hybridized carbons (Fsp3) is 0.364. The van der Waals surface area contributed by atoms with Crippen LogP contribution in [0.15, 0.2) is 41.3 Å². The molecular formula is C22H21F3N6O2. The molecule has 4 aromatic heterocycles. The smallest absolute Gasteiger partial charge is 0.418 e. The van der Waals surface area contributed by atoms with E-state index in [0.717, 1.165) is 11.8 Å². The average molecular weight is 458 g/mol. The maximum atomic E-state index is 13.5. The number of hydrogen-bond donors (Lipinski definition) is 1. The predicted molar refractivity (Wildman–Crippen MR) is 111 cm³/mol. The molecule has 0 aliphatic carbocycles. The van der Waals surface area contributed by atoms with E-state index in [1.54, 1.807) is 0 Å². The van der Waals surface area contributed by atoms with Gasteiger partial charge in [0.05, 0.1) is 35.0 Å². The van der Waals surface area contributed by atoms with E-state index in [9.17, 15) is 18.0 Å². The van der Waals surface area contributed by atoms with Gasteiger partial charge in [-0.15, -0.1) is 0 Å². The SMILES string of the molecule is CC(C)(C)c1ncc(C(=O)N2CCc3[nH]cnc3[C@H]2c2cc3c(C(F)(F)F)cccn3n2)o1. The fourth-order valence-corrected chi connectivity index (χ4v) is 4.06. The highest BCUT2D eigenvalue weighted by Crippen LogP contribution is 2.37. The van der Waals surface area contributed by atoms with Crippen LogP contribution in [-0.2, 0) is 18.0 Å². The molecule has 8 nitrogen and oxygen atoms in total. The number of aromatic amines is 1. The van der Waals surface area contributed by atoms with Gasteiger partial charge in [-0.3, -0.25) is 4.79 Å². The van der Waals surface area contributed by atoms with Crippen LogP contribution in [0.2, 0.25) is 0 Å². The maximum Gasteiger partial charge on any atom is 0.418 e. The Morgan fingerprint density at radius 2 is 2.03 bits per heavy atom. The van der Waals surface area contributed by atoms with Gasteiger partial charge in [0.2, 0.25) is 11.7 Å². The maximum absolute atomic E-state index is 13.5. The number of carbonyl (C=O) groups excluding carboxylic acids is 1. The normalized spacial score (nSPS) is 16.9. The number of nitrogens with one attached hydrogen (secondary N) is 1. The molecular weight excluding hydrogens is 437 g/mol. The number of H-pyrrole nitrogens is 1. The first-order valence-electron chi connectivity index (χ1n) is 10.4. The molecule has 0 spiro atoms. The number of oxazole rings is 1. The van der Waals surface area contributed by atoms with Crippen LogP contribution in [-0.4, -0.2) is 41.9 Å². The molecule has 0 fully saturated rings. The Labute approximate surface area is 186 Å². The van der Waals surface area contributed by atoms with Gasteiger partial charge in [-0.25, -0.2) is 14.5 Å². The van der Waals surface area contributed by atoms with E-state index in [1.165, 1.54) is 40.3 Å². The summed E-state index contributed by atoms with van der Waals surface area (Å²) in [5.41, 5.74) is 0.357. The molecule has 5 rings (SSSR count). The van der Waals surface area contributed by atoms with Crippen molar-refractivity contribution in [2.24, 2.45) is 0 Å². The predicted octanol–water partition coefficient (Wildman–Crippen LogP) is 4.15. The lowest BCUT2D eigenvalue weighted by Gasteiger charge is -2.33. The van der Waals surface area contributed by atoms with Crippen molar-refractivity contribution in [1.29, 1.82) is 0 Å². The Morgan fingerprint density at radius 1 is 1.24 bits per heavy atom. The number of pyridine rings is 1. The zero-order valence-corrected chi connectivity index (χ0v) is 18.1. The molecule has 0 radical (unpaired) electrons. The first-order valence-corrected chi connectivity index (χ1v) is 10.4. The molecule has 0 bridgehead atoms. The van der Waals surface area contributed by atoms with Gasteiger partial charge in [0, 0.05) is 30.3 Å². The highest BCUT2D eigenvalue weighted by Gasteiger charge is 2.39. The third-order valence-electron chi connectivity index (χ3n) is 5.65. The molecule has 1 aliphatic rings. The van der Waals surface area contributed by atoms with Gasteiger partial charge in [0.15, 0.2) is 0 Å². The van der Waals surface area contributed by atoms with E-state index in [0.29, 0.717) is 24.6 Å². The van der Waals surface area contributed by atoms with Gasteiger partial charge in [-0.05, 0) is 18.2 Å². The van der Waals surface area contributed by atoms with Crippen LogP contribution in [0.25, 0.3) is 5.52 Å². The summed E-state index contributed by atoms with van der Waals surface area (Å²) in [7, 11) is 0. The quantitative estimate of drug-likeness (QED) is 0.487. The number of rotatable bonds is 2. The van der Waals surface area contributed by atoms with Gasteiger partial charge < -0.3 is 14.3 Å². The van der Waals surface area contributed by atoms with E-state index in [2.05, 4.69) is 20.1 Å². The highest BCUT2D eigenvalue weighted by molar-refractivity contribution is 5.92. The van der Waals surface area contributed by atoms with E-state index in [-0.39, 0.29) is 22.4 Å².